The first kappa shape index (κ1) is 22.7. The van der Waals surface area contributed by atoms with Gasteiger partial charge < -0.3 is 24.7 Å². The number of fused-ring (bicyclic) bond motifs is 1. The van der Waals surface area contributed by atoms with Crippen LogP contribution in [0.1, 0.15) is 49.3 Å². The van der Waals surface area contributed by atoms with Gasteiger partial charge in [0, 0.05) is 37.1 Å². The van der Waals surface area contributed by atoms with E-state index >= 15 is 0 Å². The van der Waals surface area contributed by atoms with Gasteiger partial charge in [-0.2, -0.15) is 0 Å². The second-order valence-corrected chi connectivity index (χ2v) is 8.54. The minimum atomic E-state index is -0.361. The van der Waals surface area contributed by atoms with E-state index in [9.17, 15) is 9.59 Å². The van der Waals surface area contributed by atoms with Crippen LogP contribution in [0.4, 0.5) is 0 Å². The van der Waals surface area contributed by atoms with Crippen molar-refractivity contribution in [1.29, 1.82) is 0 Å². The predicted octanol–water partition coefficient (Wildman–Crippen LogP) is 4.16. The minimum absolute atomic E-state index is 0.0589. The Labute approximate surface area is 194 Å². The molecule has 0 bridgehead atoms. The van der Waals surface area contributed by atoms with Gasteiger partial charge in [-0.1, -0.05) is 12.1 Å². The van der Waals surface area contributed by atoms with Crippen molar-refractivity contribution < 1.29 is 19.1 Å². The van der Waals surface area contributed by atoms with E-state index in [1.807, 2.05) is 41.3 Å². The van der Waals surface area contributed by atoms with Crippen LogP contribution >= 0.6 is 0 Å². The van der Waals surface area contributed by atoms with E-state index in [4.69, 9.17) is 9.47 Å². The van der Waals surface area contributed by atoms with Crippen LogP contribution in [0.5, 0.6) is 11.5 Å². The topological polar surface area (TPSA) is 83.7 Å². The molecule has 1 aromatic heterocycles. The van der Waals surface area contributed by atoms with Crippen molar-refractivity contribution in [1.82, 2.24) is 15.2 Å². The highest BCUT2D eigenvalue weighted by Gasteiger charge is 2.27. The number of carbonyl (C=O) groups excluding carboxylic acids is 2. The van der Waals surface area contributed by atoms with Gasteiger partial charge in [-0.05, 0) is 60.2 Å². The number of nitrogens with zero attached hydrogens (tertiary/aromatic N) is 1. The molecule has 1 fully saturated rings. The molecule has 7 nitrogen and oxygen atoms in total. The Morgan fingerprint density at radius 1 is 1.06 bits per heavy atom. The number of nitrogens with one attached hydrogen (secondary N) is 2. The number of ether oxygens (including phenoxy) is 2. The van der Waals surface area contributed by atoms with Crippen molar-refractivity contribution in [3.8, 4) is 11.5 Å². The van der Waals surface area contributed by atoms with Crippen LogP contribution < -0.4 is 14.8 Å². The molecule has 33 heavy (non-hydrogen) atoms. The van der Waals surface area contributed by atoms with Crippen LogP contribution in [-0.4, -0.2) is 49.0 Å². The number of aromatic nitrogens is 1. The summed E-state index contributed by atoms with van der Waals surface area (Å²) in [5.41, 5.74) is 3.27. The maximum Gasteiger partial charge on any atom is 0.224 e. The van der Waals surface area contributed by atoms with E-state index in [0.717, 1.165) is 35.4 Å². The second kappa shape index (κ2) is 9.98. The van der Waals surface area contributed by atoms with Gasteiger partial charge in [0.2, 0.25) is 11.8 Å². The lowest BCUT2D eigenvalue weighted by Crippen LogP contribution is -2.40. The van der Waals surface area contributed by atoms with Crippen molar-refractivity contribution >= 4 is 22.7 Å². The standard InChI is InChI=1S/C26H31N3O4/c1-17(30)28-25(19-4-6-20(32-2)7-5-19)15-26(31)29-12-10-18(11-13-29)23-16-27-24-9-8-21(33-3)14-22(23)24/h4-9,14,16,18,25,27H,10-13,15H2,1-3H3,(H,28,30). The fourth-order valence-corrected chi connectivity index (χ4v) is 4.66. The quantitative estimate of drug-likeness (QED) is 0.567. The third-order valence-electron chi connectivity index (χ3n) is 6.48. The Kier molecular flexibility index (Phi) is 6.87. The van der Waals surface area contributed by atoms with Gasteiger partial charge in [0.25, 0.3) is 0 Å². The molecule has 2 N–H and O–H groups in total. The number of hydrogen-bond acceptors (Lipinski definition) is 4. The summed E-state index contributed by atoms with van der Waals surface area (Å²) in [4.78, 5) is 30.1. The summed E-state index contributed by atoms with van der Waals surface area (Å²) < 4.78 is 10.6. The molecule has 1 atom stereocenters. The van der Waals surface area contributed by atoms with Crippen LogP contribution in [0.15, 0.2) is 48.7 Å². The van der Waals surface area contributed by atoms with Gasteiger partial charge in [-0.15, -0.1) is 0 Å². The maximum absolute atomic E-state index is 13.1. The van der Waals surface area contributed by atoms with E-state index in [0.29, 0.717) is 19.0 Å². The number of H-pyrrole nitrogens is 1. The van der Waals surface area contributed by atoms with Gasteiger partial charge in [-0.3, -0.25) is 9.59 Å². The molecular formula is C26H31N3O4. The van der Waals surface area contributed by atoms with Crippen molar-refractivity contribution in [3.05, 3.63) is 59.8 Å². The predicted molar refractivity (Wildman–Crippen MR) is 128 cm³/mol. The first-order chi connectivity index (χ1) is 16.0. The third kappa shape index (κ3) is 5.13. The van der Waals surface area contributed by atoms with Crippen LogP contribution in [0.25, 0.3) is 10.9 Å². The molecule has 1 unspecified atom stereocenters. The molecule has 1 saturated heterocycles. The smallest absolute Gasteiger partial charge is 0.224 e. The SMILES string of the molecule is COc1ccc(C(CC(=O)N2CCC(c3c[nH]c4ccc(OC)cc34)CC2)NC(C)=O)cc1. The molecular weight excluding hydrogens is 418 g/mol. The molecule has 0 saturated carbocycles. The maximum atomic E-state index is 13.1. The molecule has 2 aromatic carbocycles. The second-order valence-electron chi connectivity index (χ2n) is 8.54. The number of aromatic amines is 1. The average Bonchev–Trinajstić information content (AvgIpc) is 3.26. The number of hydrogen-bond donors (Lipinski definition) is 2. The molecule has 0 radical (unpaired) electrons. The summed E-state index contributed by atoms with van der Waals surface area (Å²) in [5, 5.41) is 4.11. The van der Waals surface area contributed by atoms with Gasteiger partial charge >= 0.3 is 0 Å². The van der Waals surface area contributed by atoms with Gasteiger partial charge in [0.15, 0.2) is 0 Å². The van der Waals surface area contributed by atoms with E-state index < -0.39 is 0 Å². The highest BCUT2D eigenvalue weighted by atomic mass is 16.5. The van der Waals surface area contributed by atoms with E-state index in [-0.39, 0.29) is 24.3 Å². The lowest BCUT2D eigenvalue weighted by molar-refractivity contribution is -0.133. The van der Waals surface area contributed by atoms with Crippen molar-refractivity contribution in [2.45, 2.75) is 38.1 Å². The molecule has 4 rings (SSSR count). The molecule has 2 amide bonds. The lowest BCUT2D eigenvalue weighted by atomic mass is 9.89. The largest absolute Gasteiger partial charge is 0.497 e. The number of benzene rings is 2. The van der Waals surface area contributed by atoms with Crippen molar-refractivity contribution in [2.75, 3.05) is 27.3 Å². The zero-order chi connectivity index (χ0) is 23.4. The van der Waals surface area contributed by atoms with Gasteiger partial charge in [0.1, 0.15) is 11.5 Å². The summed E-state index contributed by atoms with van der Waals surface area (Å²) in [6.45, 7) is 2.88. The number of carbonyl (C=O) groups is 2. The summed E-state index contributed by atoms with van der Waals surface area (Å²) in [6.07, 6.45) is 4.14. The van der Waals surface area contributed by atoms with E-state index in [1.54, 1.807) is 14.2 Å². The molecule has 1 aliphatic rings. The summed E-state index contributed by atoms with van der Waals surface area (Å²) in [5.74, 6) is 1.88. The van der Waals surface area contributed by atoms with Crippen molar-refractivity contribution in [2.24, 2.45) is 0 Å². The van der Waals surface area contributed by atoms with Crippen LogP contribution in [0.2, 0.25) is 0 Å². The Balaban J connectivity index is 1.41. The average molecular weight is 450 g/mol. The molecule has 7 heteroatoms. The fourth-order valence-electron chi connectivity index (χ4n) is 4.66. The fraction of sp³-hybridized carbons (Fsp3) is 0.385. The summed E-state index contributed by atoms with van der Waals surface area (Å²) in [6, 6.07) is 13.2. The zero-order valence-electron chi connectivity index (χ0n) is 19.4. The van der Waals surface area contributed by atoms with Gasteiger partial charge in [-0.25, -0.2) is 0 Å². The Bertz CT molecular complexity index is 1110. The zero-order valence-corrected chi connectivity index (χ0v) is 19.4. The molecule has 0 aliphatic carbocycles. The third-order valence-corrected chi connectivity index (χ3v) is 6.48. The van der Waals surface area contributed by atoms with Crippen molar-refractivity contribution in [3.63, 3.8) is 0 Å². The number of rotatable bonds is 7. The normalized spacial score (nSPS) is 15.3. The van der Waals surface area contributed by atoms with E-state index in [2.05, 4.69) is 22.6 Å². The number of amides is 2. The van der Waals surface area contributed by atoms with Crippen LogP contribution in [-0.2, 0) is 9.59 Å². The first-order valence-electron chi connectivity index (χ1n) is 11.3. The van der Waals surface area contributed by atoms with E-state index in [1.165, 1.54) is 17.9 Å². The highest BCUT2D eigenvalue weighted by Crippen LogP contribution is 2.35. The molecule has 2 heterocycles. The molecule has 174 valence electrons. The monoisotopic (exact) mass is 449 g/mol. The Morgan fingerprint density at radius 2 is 1.73 bits per heavy atom. The molecule has 0 spiro atoms. The number of methoxy groups -OCH3 is 2. The Morgan fingerprint density at radius 3 is 2.36 bits per heavy atom. The molecule has 3 aromatic rings. The Hall–Kier alpha value is -3.48. The summed E-state index contributed by atoms with van der Waals surface area (Å²) in [7, 11) is 3.29. The number of piperidine rings is 1. The summed E-state index contributed by atoms with van der Waals surface area (Å²) >= 11 is 0. The van der Waals surface area contributed by atoms with Gasteiger partial charge in [0.05, 0.1) is 26.7 Å². The highest BCUT2D eigenvalue weighted by molar-refractivity contribution is 5.85. The van der Waals surface area contributed by atoms with Crippen LogP contribution in [0.3, 0.4) is 0 Å². The first-order valence-corrected chi connectivity index (χ1v) is 11.3. The van der Waals surface area contributed by atoms with Crippen LogP contribution in [0, 0.1) is 0 Å². The lowest BCUT2D eigenvalue weighted by Gasteiger charge is -2.33. The minimum Gasteiger partial charge on any atom is -0.497 e. The number of likely N-dealkylation sites (tertiary alicyclic amines) is 1. The molecule has 1 aliphatic heterocycles.